The first kappa shape index (κ1) is 18.2. The van der Waals surface area contributed by atoms with Crippen molar-refractivity contribution >= 4 is 49.9 Å². The fourth-order valence-corrected chi connectivity index (χ4v) is 4.08. The lowest BCUT2D eigenvalue weighted by molar-refractivity contribution is -0.115. The van der Waals surface area contributed by atoms with Crippen molar-refractivity contribution in [3.63, 3.8) is 0 Å². The zero-order valence-electron chi connectivity index (χ0n) is 12.7. The Morgan fingerprint density at radius 2 is 1.87 bits per heavy atom. The number of sulfonamides is 1. The lowest BCUT2D eigenvalue weighted by Gasteiger charge is -2.20. The highest BCUT2D eigenvalue weighted by atomic mass is 32.2. The van der Waals surface area contributed by atoms with Crippen LogP contribution in [0.25, 0.3) is 0 Å². The minimum atomic E-state index is -3.73. The largest absolute Gasteiger partial charge is 0.358 e. The van der Waals surface area contributed by atoms with Gasteiger partial charge >= 0.3 is 0 Å². The highest BCUT2D eigenvalue weighted by Crippen LogP contribution is 2.21. The molecule has 0 aliphatic carbocycles. The summed E-state index contributed by atoms with van der Waals surface area (Å²) in [6, 6.07) is 5.73. The summed E-state index contributed by atoms with van der Waals surface area (Å²) in [5.74, 6) is -0.181. The predicted octanol–water partition coefficient (Wildman–Crippen LogP) is 1.77. The molecule has 126 valence electrons. The van der Waals surface area contributed by atoms with Gasteiger partial charge in [-0.1, -0.05) is 24.0 Å². The van der Waals surface area contributed by atoms with Gasteiger partial charge in [0.25, 0.3) is 0 Å². The van der Waals surface area contributed by atoms with E-state index in [1.807, 2.05) is 0 Å². The first-order chi connectivity index (χ1) is 10.8. The number of hydrogen-bond donors (Lipinski definition) is 2. The Labute approximate surface area is 145 Å². The lowest BCUT2D eigenvalue weighted by atomic mass is 10.3. The van der Waals surface area contributed by atoms with E-state index in [0.29, 0.717) is 5.69 Å². The van der Waals surface area contributed by atoms with Crippen molar-refractivity contribution in [1.82, 2.24) is 4.90 Å². The third-order valence-electron chi connectivity index (χ3n) is 3.46. The van der Waals surface area contributed by atoms with Crippen LogP contribution in [0.3, 0.4) is 0 Å². The number of carbonyl (C=O) groups is 1. The molecule has 9 heteroatoms. The van der Waals surface area contributed by atoms with Crippen LogP contribution >= 0.6 is 24.0 Å². The van der Waals surface area contributed by atoms with Gasteiger partial charge in [0.15, 0.2) is 0 Å². The van der Waals surface area contributed by atoms with Gasteiger partial charge in [0.05, 0.1) is 10.1 Å². The average Bonchev–Trinajstić information content (AvgIpc) is 3.01. The van der Waals surface area contributed by atoms with E-state index < -0.39 is 10.0 Å². The quantitative estimate of drug-likeness (QED) is 0.782. The maximum absolute atomic E-state index is 12.2. The molecule has 1 aromatic rings. The predicted molar refractivity (Wildman–Crippen MR) is 96.9 cm³/mol. The Morgan fingerprint density at radius 1 is 1.30 bits per heavy atom. The van der Waals surface area contributed by atoms with Gasteiger partial charge in [-0.25, -0.2) is 13.6 Å². The third kappa shape index (κ3) is 5.17. The number of carbonyl (C=O) groups excluding carboxylic acids is 1. The average molecular weight is 374 g/mol. The molecule has 0 aromatic heterocycles. The Bertz CT molecular complexity index is 683. The summed E-state index contributed by atoms with van der Waals surface area (Å²) in [4.78, 5) is 14.3. The summed E-state index contributed by atoms with van der Waals surface area (Å²) in [5.41, 5.74) is 0.516. The molecule has 2 rings (SSSR count). The Kier molecular flexibility index (Phi) is 6.01. The molecule has 1 atom stereocenters. The van der Waals surface area contributed by atoms with E-state index in [1.165, 1.54) is 36.0 Å². The molecular formula is C14H19N3O3S3. The van der Waals surface area contributed by atoms with E-state index in [0.717, 1.165) is 30.3 Å². The number of nitrogens with two attached hydrogens (primary N) is 1. The number of likely N-dealkylation sites (tertiary alicyclic amines) is 1. The molecule has 0 bridgehead atoms. The molecule has 6 nitrogen and oxygen atoms in total. The van der Waals surface area contributed by atoms with Crippen LogP contribution in [-0.4, -0.2) is 41.9 Å². The van der Waals surface area contributed by atoms with Crippen molar-refractivity contribution in [3.05, 3.63) is 24.3 Å². The molecule has 1 aromatic carbocycles. The summed E-state index contributed by atoms with van der Waals surface area (Å²) in [7, 11) is -3.73. The van der Waals surface area contributed by atoms with Crippen molar-refractivity contribution in [1.29, 1.82) is 0 Å². The molecule has 1 heterocycles. The number of benzene rings is 1. The van der Waals surface area contributed by atoms with Crippen LogP contribution in [0.15, 0.2) is 29.2 Å². The zero-order valence-corrected chi connectivity index (χ0v) is 15.1. The number of anilines is 1. The molecule has 1 aliphatic heterocycles. The van der Waals surface area contributed by atoms with Crippen LogP contribution in [0, 0.1) is 0 Å². The minimum Gasteiger partial charge on any atom is -0.358 e. The van der Waals surface area contributed by atoms with Crippen LogP contribution in [0.2, 0.25) is 0 Å². The molecule has 1 saturated heterocycles. The Morgan fingerprint density at radius 3 is 2.39 bits per heavy atom. The molecule has 0 saturated carbocycles. The molecular weight excluding hydrogens is 354 g/mol. The van der Waals surface area contributed by atoms with Gasteiger partial charge < -0.3 is 10.2 Å². The van der Waals surface area contributed by atoms with Crippen LogP contribution in [0.5, 0.6) is 0 Å². The van der Waals surface area contributed by atoms with Crippen LogP contribution in [-0.2, 0) is 14.8 Å². The van der Waals surface area contributed by atoms with Gasteiger partial charge in [0, 0.05) is 18.8 Å². The normalized spacial score (nSPS) is 16.2. The topological polar surface area (TPSA) is 92.5 Å². The molecule has 1 fully saturated rings. The number of nitrogens with one attached hydrogen (secondary N) is 1. The first-order valence-electron chi connectivity index (χ1n) is 7.16. The summed E-state index contributed by atoms with van der Waals surface area (Å²) >= 11 is 6.72. The SMILES string of the molecule is C[C@H](SC(=S)N1CCCC1)C(=O)Nc1ccc(S(N)(=O)=O)cc1. The third-order valence-corrected chi connectivity index (χ3v) is 5.97. The number of hydrogen-bond acceptors (Lipinski definition) is 5. The molecule has 23 heavy (non-hydrogen) atoms. The number of rotatable bonds is 4. The highest BCUT2D eigenvalue weighted by Gasteiger charge is 2.21. The van der Waals surface area contributed by atoms with E-state index >= 15 is 0 Å². The van der Waals surface area contributed by atoms with E-state index in [1.54, 1.807) is 6.92 Å². The highest BCUT2D eigenvalue weighted by molar-refractivity contribution is 8.23. The van der Waals surface area contributed by atoms with E-state index in [4.69, 9.17) is 17.4 Å². The van der Waals surface area contributed by atoms with Gasteiger partial charge in [0.2, 0.25) is 15.9 Å². The van der Waals surface area contributed by atoms with Crippen LogP contribution in [0.4, 0.5) is 5.69 Å². The van der Waals surface area contributed by atoms with Gasteiger partial charge in [-0.3, -0.25) is 4.79 Å². The maximum Gasteiger partial charge on any atom is 0.238 e. The molecule has 1 amide bonds. The number of thiocarbonyl (C=S) groups is 1. The maximum atomic E-state index is 12.2. The summed E-state index contributed by atoms with van der Waals surface area (Å²) in [5, 5.41) is 7.44. The Balaban J connectivity index is 1.91. The van der Waals surface area contributed by atoms with E-state index in [-0.39, 0.29) is 16.1 Å². The second kappa shape index (κ2) is 7.61. The molecule has 0 unspecified atom stereocenters. The summed E-state index contributed by atoms with van der Waals surface area (Å²) in [6.07, 6.45) is 2.27. The van der Waals surface area contributed by atoms with E-state index in [2.05, 4.69) is 10.2 Å². The smallest absolute Gasteiger partial charge is 0.238 e. The van der Waals surface area contributed by atoms with Gasteiger partial charge in [0.1, 0.15) is 4.32 Å². The number of thioether (sulfide) groups is 1. The monoisotopic (exact) mass is 373 g/mol. The molecule has 3 N–H and O–H groups in total. The van der Waals surface area contributed by atoms with Gasteiger partial charge in [-0.05, 0) is 44.0 Å². The van der Waals surface area contributed by atoms with Crippen molar-refractivity contribution < 1.29 is 13.2 Å². The van der Waals surface area contributed by atoms with Crippen molar-refractivity contribution in [2.24, 2.45) is 5.14 Å². The van der Waals surface area contributed by atoms with Crippen molar-refractivity contribution in [2.45, 2.75) is 29.9 Å². The van der Waals surface area contributed by atoms with Crippen LogP contribution in [0.1, 0.15) is 19.8 Å². The number of nitrogens with zero attached hydrogens (tertiary/aromatic N) is 1. The molecule has 1 aliphatic rings. The van der Waals surface area contributed by atoms with Crippen molar-refractivity contribution in [2.75, 3.05) is 18.4 Å². The fraction of sp³-hybridized carbons (Fsp3) is 0.429. The molecule has 0 radical (unpaired) electrons. The lowest BCUT2D eigenvalue weighted by Crippen LogP contribution is -2.29. The Hall–Kier alpha value is -1.16. The van der Waals surface area contributed by atoms with Gasteiger partial charge in [-0.2, -0.15) is 0 Å². The number of amides is 1. The second-order valence-corrected chi connectivity index (χ2v) is 8.81. The zero-order chi connectivity index (χ0) is 17.0. The number of primary sulfonamides is 1. The van der Waals surface area contributed by atoms with Crippen LogP contribution < -0.4 is 10.5 Å². The summed E-state index contributed by atoms with van der Waals surface area (Å²) in [6.45, 7) is 3.70. The standard InChI is InChI=1S/C14H19N3O3S3/c1-10(22-14(21)17-8-2-3-9-17)13(18)16-11-4-6-12(7-5-11)23(15,19)20/h4-7,10H,2-3,8-9H2,1H3,(H,16,18)(H2,15,19,20)/t10-/m0/s1. The first-order valence-corrected chi connectivity index (χ1v) is 10.00. The minimum absolute atomic E-state index is 0.00753. The van der Waals surface area contributed by atoms with E-state index in [9.17, 15) is 13.2 Å². The van der Waals surface area contributed by atoms with Crippen molar-refractivity contribution in [3.8, 4) is 0 Å². The molecule has 0 spiro atoms. The second-order valence-electron chi connectivity index (χ2n) is 5.28. The summed E-state index contributed by atoms with van der Waals surface area (Å²) < 4.78 is 23.1. The van der Waals surface area contributed by atoms with Gasteiger partial charge in [-0.15, -0.1) is 0 Å². The fourth-order valence-electron chi connectivity index (χ4n) is 2.15.